The average Bonchev–Trinajstić information content (AvgIpc) is 2.76. The predicted octanol–water partition coefficient (Wildman–Crippen LogP) is 3.17. The molecule has 1 heterocycles. The third kappa shape index (κ3) is 2.34. The molecule has 2 atom stereocenters. The number of aromatic hydroxyl groups is 1. The van der Waals surface area contributed by atoms with E-state index in [0.29, 0.717) is 17.3 Å². The summed E-state index contributed by atoms with van der Waals surface area (Å²) in [5.74, 6) is -0.627. The first-order valence-corrected chi connectivity index (χ1v) is 8.80. The van der Waals surface area contributed by atoms with Crippen LogP contribution in [0.4, 0.5) is 4.79 Å². The molecule has 0 spiro atoms. The van der Waals surface area contributed by atoms with Gasteiger partial charge in [0.05, 0.1) is 5.02 Å². The standard InChI is InChI=1S/C12H13BrClNO5S/c1-7-3-2-4-15(7,12(17)18)21(19,20)10-6-8(13)5-9(14)11(10)16/h5-7H,2-4H2,1H3,(H-,16,17,18)/p+1/t7-,15?/m1/s1. The number of sulfonamides is 1. The Bertz CT molecular complexity index is 708. The number of hydrogen-bond acceptors (Lipinski definition) is 4. The van der Waals surface area contributed by atoms with Gasteiger partial charge in [-0.1, -0.05) is 27.5 Å². The number of benzene rings is 1. The molecular formula is C12H14BrClNO5S+. The van der Waals surface area contributed by atoms with E-state index < -0.39 is 36.7 Å². The summed E-state index contributed by atoms with van der Waals surface area (Å²) in [5, 5.41) is 19.3. The van der Waals surface area contributed by atoms with E-state index in [1.807, 2.05) is 0 Å². The second-order valence-corrected chi connectivity index (χ2v) is 8.37. The summed E-state index contributed by atoms with van der Waals surface area (Å²) in [7, 11) is -4.35. The Labute approximate surface area is 135 Å². The number of amides is 1. The Balaban J connectivity index is 2.75. The lowest BCUT2D eigenvalue weighted by Gasteiger charge is -2.31. The van der Waals surface area contributed by atoms with Crippen LogP contribution in [0.25, 0.3) is 0 Å². The van der Waals surface area contributed by atoms with Crippen molar-refractivity contribution in [2.45, 2.75) is 30.7 Å². The normalized spacial score (nSPS) is 26.0. The fourth-order valence-electron chi connectivity index (χ4n) is 2.71. The molecular weight excluding hydrogens is 386 g/mol. The molecule has 0 bridgehead atoms. The second-order valence-electron chi connectivity index (χ2n) is 5.00. The molecule has 21 heavy (non-hydrogen) atoms. The number of likely N-dealkylation sites (tertiary alicyclic amines) is 1. The molecule has 0 radical (unpaired) electrons. The number of carbonyl (C=O) groups is 1. The molecule has 0 aromatic heterocycles. The number of quaternary nitrogens is 1. The smallest absolute Gasteiger partial charge is 0.505 e. The number of nitrogens with zero attached hydrogens (tertiary/aromatic N) is 1. The van der Waals surface area contributed by atoms with Gasteiger partial charge in [0.15, 0.2) is 10.6 Å². The van der Waals surface area contributed by atoms with Gasteiger partial charge in [-0.15, -0.1) is 3.89 Å². The fourth-order valence-corrected chi connectivity index (χ4v) is 5.86. The number of phenols is 1. The molecule has 116 valence electrons. The molecule has 1 unspecified atom stereocenters. The lowest BCUT2D eigenvalue weighted by atomic mass is 10.2. The van der Waals surface area contributed by atoms with E-state index in [1.54, 1.807) is 6.92 Å². The van der Waals surface area contributed by atoms with Crippen LogP contribution >= 0.6 is 27.5 Å². The number of hydrogen-bond donors (Lipinski definition) is 2. The quantitative estimate of drug-likeness (QED) is 0.745. The van der Waals surface area contributed by atoms with Gasteiger partial charge in [0.25, 0.3) is 0 Å². The van der Waals surface area contributed by atoms with Gasteiger partial charge in [-0.2, -0.15) is 13.2 Å². The van der Waals surface area contributed by atoms with E-state index in [4.69, 9.17) is 11.6 Å². The van der Waals surface area contributed by atoms with Crippen LogP contribution < -0.4 is 0 Å². The molecule has 2 N–H and O–H groups in total. The van der Waals surface area contributed by atoms with Gasteiger partial charge in [0, 0.05) is 17.3 Å². The zero-order valence-corrected chi connectivity index (χ0v) is 14.2. The van der Waals surface area contributed by atoms with Crippen molar-refractivity contribution < 1.29 is 27.3 Å². The van der Waals surface area contributed by atoms with Gasteiger partial charge in [0.1, 0.15) is 12.6 Å². The summed E-state index contributed by atoms with van der Waals surface area (Å²) in [6, 6.07) is 1.91. The molecule has 1 fully saturated rings. The molecule has 9 heteroatoms. The van der Waals surface area contributed by atoms with Crippen molar-refractivity contribution in [3.8, 4) is 5.75 Å². The number of halogens is 2. The van der Waals surface area contributed by atoms with Gasteiger partial charge in [-0.25, -0.2) is 0 Å². The van der Waals surface area contributed by atoms with E-state index in [9.17, 15) is 23.4 Å². The number of carboxylic acid groups (broad SMARTS) is 1. The molecule has 2 rings (SSSR count). The first-order chi connectivity index (χ1) is 9.64. The highest BCUT2D eigenvalue weighted by molar-refractivity contribution is 9.10. The average molecular weight is 400 g/mol. The summed E-state index contributed by atoms with van der Waals surface area (Å²) in [6.07, 6.45) is -0.487. The first-order valence-electron chi connectivity index (χ1n) is 6.19. The minimum Gasteiger partial charge on any atom is -0.505 e. The van der Waals surface area contributed by atoms with Crippen LogP contribution in [0.3, 0.4) is 0 Å². The Morgan fingerprint density at radius 3 is 2.57 bits per heavy atom. The van der Waals surface area contributed by atoms with Crippen LogP contribution in [0, 0.1) is 0 Å². The largest absolute Gasteiger partial charge is 0.529 e. The van der Waals surface area contributed by atoms with Crippen LogP contribution in [-0.4, -0.2) is 41.2 Å². The Morgan fingerprint density at radius 2 is 2.10 bits per heavy atom. The maximum Gasteiger partial charge on any atom is 0.529 e. The van der Waals surface area contributed by atoms with E-state index in [2.05, 4.69) is 15.9 Å². The maximum atomic E-state index is 12.9. The maximum absolute atomic E-state index is 12.9. The topological polar surface area (TPSA) is 91.7 Å². The van der Waals surface area contributed by atoms with E-state index in [0.717, 1.165) is 0 Å². The molecule has 0 saturated carbocycles. The zero-order valence-electron chi connectivity index (χ0n) is 11.1. The molecule has 1 aliphatic heterocycles. The SMILES string of the molecule is C[C@@H]1CCC[N+]1(C(=O)O)S(=O)(=O)c1cc(Br)cc(Cl)c1O. The van der Waals surface area contributed by atoms with Crippen LogP contribution in [0.15, 0.2) is 21.5 Å². The fraction of sp³-hybridized carbons (Fsp3) is 0.417. The summed E-state index contributed by atoms with van der Waals surface area (Å²) >= 11 is 8.90. The lowest BCUT2D eigenvalue weighted by molar-refractivity contribution is -0.741. The first kappa shape index (κ1) is 16.5. The lowest BCUT2D eigenvalue weighted by Crippen LogP contribution is -2.58. The molecule has 1 aliphatic rings. The highest BCUT2D eigenvalue weighted by atomic mass is 79.9. The molecule has 1 saturated heterocycles. The van der Waals surface area contributed by atoms with Crippen LogP contribution in [0.1, 0.15) is 19.8 Å². The monoisotopic (exact) mass is 398 g/mol. The van der Waals surface area contributed by atoms with Crippen LogP contribution in [0.5, 0.6) is 5.75 Å². The van der Waals surface area contributed by atoms with Crippen molar-refractivity contribution in [2.75, 3.05) is 6.54 Å². The summed E-state index contributed by atoms with van der Waals surface area (Å²) in [4.78, 5) is 11.2. The van der Waals surface area contributed by atoms with Gasteiger partial charge in [0.2, 0.25) is 0 Å². The number of phenolic OH excluding ortho intramolecular Hbond substituents is 1. The Hall–Kier alpha value is -0.830. The van der Waals surface area contributed by atoms with E-state index in [1.165, 1.54) is 12.1 Å². The summed E-state index contributed by atoms with van der Waals surface area (Å²) in [5.41, 5.74) is 0. The zero-order chi connectivity index (χ0) is 16.0. The second kappa shape index (κ2) is 5.42. The van der Waals surface area contributed by atoms with Crippen molar-refractivity contribution in [3.05, 3.63) is 21.6 Å². The number of rotatable bonds is 2. The van der Waals surface area contributed by atoms with Gasteiger partial charge in [-0.05, 0) is 19.1 Å². The van der Waals surface area contributed by atoms with Gasteiger partial charge >= 0.3 is 16.1 Å². The predicted molar refractivity (Wildman–Crippen MR) is 79.9 cm³/mol. The highest BCUT2D eigenvalue weighted by Gasteiger charge is 2.58. The highest BCUT2D eigenvalue weighted by Crippen LogP contribution is 2.42. The third-order valence-electron chi connectivity index (χ3n) is 3.85. The van der Waals surface area contributed by atoms with Crippen molar-refractivity contribution in [3.63, 3.8) is 0 Å². The van der Waals surface area contributed by atoms with Crippen molar-refractivity contribution in [1.82, 2.24) is 0 Å². The third-order valence-corrected chi connectivity index (χ3v) is 7.02. The molecule has 1 aromatic carbocycles. The van der Waals surface area contributed by atoms with Crippen molar-refractivity contribution >= 4 is 43.6 Å². The van der Waals surface area contributed by atoms with E-state index >= 15 is 0 Å². The summed E-state index contributed by atoms with van der Waals surface area (Å²) in [6.45, 7) is 1.54. The van der Waals surface area contributed by atoms with Crippen molar-refractivity contribution in [2.24, 2.45) is 0 Å². The molecule has 1 aromatic rings. The molecule has 6 nitrogen and oxygen atoms in total. The minimum absolute atomic E-state index is 0.0393. The molecule has 1 amide bonds. The Kier molecular flexibility index (Phi) is 4.27. The molecule has 0 aliphatic carbocycles. The van der Waals surface area contributed by atoms with Crippen LogP contribution in [-0.2, 0) is 10.0 Å². The van der Waals surface area contributed by atoms with Gasteiger partial charge in [-0.3, -0.25) is 0 Å². The van der Waals surface area contributed by atoms with Crippen molar-refractivity contribution in [1.29, 1.82) is 0 Å². The van der Waals surface area contributed by atoms with Gasteiger partial charge < -0.3 is 10.2 Å². The van der Waals surface area contributed by atoms with E-state index in [-0.39, 0.29) is 11.6 Å². The van der Waals surface area contributed by atoms with Crippen LogP contribution in [0.2, 0.25) is 5.02 Å². The minimum atomic E-state index is -4.35. The summed E-state index contributed by atoms with van der Waals surface area (Å²) < 4.78 is 25.0. The Morgan fingerprint density at radius 1 is 1.48 bits per heavy atom.